The predicted molar refractivity (Wildman–Crippen MR) is 139 cm³/mol. The lowest BCUT2D eigenvalue weighted by Gasteiger charge is -2.38. The molecule has 34 heavy (non-hydrogen) atoms. The van der Waals surface area contributed by atoms with Crippen LogP contribution in [0.2, 0.25) is 0 Å². The van der Waals surface area contributed by atoms with Gasteiger partial charge in [0.25, 0.3) is 0 Å². The molecule has 7 heteroatoms. The Labute approximate surface area is 204 Å². The van der Waals surface area contributed by atoms with Gasteiger partial charge in [-0.25, -0.2) is 4.98 Å². The van der Waals surface area contributed by atoms with E-state index < -0.39 is 0 Å². The number of amides is 1. The minimum Gasteiger partial charge on any atom is -0.495 e. The minimum atomic E-state index is 0.144. The largest absolute Gasteiger partial charge is 0.495 e. The molecule has 0 spiro atoms. The van der Waals surface area contributed by atoms with E-state index in [9.17, 15) is 4.79 Å². The Morgan fingerprint density at radius 1 is 1.12 bits per heavy atom. The van der Waals surface area contributed by atoms with Crippen LogP contribution in [0.15, 0.2) is 42.6 Å². The van der Waals surface area contributed by atoms with Crippen LogP contribution in [-0.2, 0) is 4.79 Å². The average molecular weight is 466 g/mol. The lowest BCUT2D eigenvalue weighted by atomic mass is 9.88. The van der Waals surface area contributed by atoms with Crippen LogP contribution < -0.4 is 19.9 Å². The summed E-state index contributed by atoms with van der Waals surface area (Å²) in [5.41, 5.74) is 2.23. The summed E-state index contributed by atoms with van der Waals surface area (Å²) in [7, 11) is 1.74. The summed E-state index contributed by atoms with van der Waals surface area (Å²) in [6, 6.07) is 12.2. The van der Waals surface area contributed by atoms with Gasteiger partial charge in [0, 0.05) is 69.7 Å². The highest BCUT2D eigenvalue weighted by Crippen LogP contribution is 2.32. The van der Waals surface area contributed by atoms with Crippen molar-refractivity contribution in [1.29, 1.82) is 0 Å². The van der Waals surface area contributed by atoms with Gasteiger partial charge in [0.15, 0.2) is 0 Å². The van der Waals surface area contributed by atoms with E-state index in [4.69, 9.17) is 4.74 Å². The molecule has 184 valence electrons. The molecule has 0 atom stereocenters. The number of nitrogens with one attached hydrogen (secondary N) is 1. The third-order valence-corrected chi connectivity index (χ3v) is 7.06. The summed E-state index contributed by atoms with van der Waals surface area (Å²) in [5, 5.41) is 3.35. The standard InChI is InChI=1S/C27H39N5O2/c1-3-28-23-12-13-24(25(21-23)34-2)31-18-15-30(16-19-31)17-20-32(26-11-7-8-14-29-26)27(33)22-9-5-4-6-10-22/h7-8,11-14,21-22,28H,3-6,9-10,15-20H2,1-2H3. The van der Waals surface area contributed by atoms with Crippen molar-refractivity contribution in [3.8, 4) is 5.75 Å². The van der Waals surface area contributed by atoms with Crippen molar-refractivity contribution in [1.82, 2.24) is 9.88 Å². The van der Waals surface area contributed by atoms with Gasteiger partial charge in [-0.2, -0.15) is 0 Å². The highest BCUT2D eigenvalue weighted by atomic mass is 16.5. The van der Waals surface area contributed by atoms with Crippen molar-refractivity contribution in [3.63, 3.8) is 0 Å². The summed E-state index contributed by atoms with van der Waals surface area (Å²) in [6.07, 6.45) is 7.37. The van der Waals surface area contributed by atoms with Crippen LogP contribution in [0.25, 0.3) is 0 Å². The fourth-order valence-electron chi connectivity index (χ4n) is 5.13. The number of pyridine rings is 1. The monoisotopic (exact) mass is 465 g/mol. The number of hydrogen-bond acceptors (Lipinski definition) is 6. The molecule has 7 nitrogen and oxygen atoms in total. The molecule has 2 fully saturated rings. The number of piperazine rings is 1. The maximum absolute atomic E-state index is 13.4. The molecule has 2 aromatic rings. The number of rotatable bonds is 9. The van der Waals surface area contributed by atoms with Crippen LogP contribution in [-0.4, -0.2) is 68.7 Å². The summed E-state index contributed by atoms with van der Waals surface area (Å²) in [4.78, 5) is 24.7. The van der Waals surface area contributed by atoms with Crippen molar-refractivity contribution >= 4 is 23.1 Å². The molecule has 1 aromatic heterocycles. The first kappa shape index (κ1) is 24.3. The van der Waals surface area contributed by atoms with Crippen molar-refractivity contribution in [2.45, 2.75) is 39.0 Å². The van der Waals surface area contributed by atoms with Crippen LogP contribution in [0.5, 0.6) is 5.75 Å². The molecule has 1 saturated heterocycles. The van der Waals surface area contributed by atoms with Crippen molar-refractivity contribution in [3.05, 3.63) is 42.6 Å². The Hall–Kier alpha value is -2.80. The van der Waals surface area contributed by atoms with Gasteiger partial charge >= 0.3 is 0 Å². The third-order valence-electron chi connectivity index (χ3n) is 7.06. The van der Waals surface area contributed by atoms with Gasteiger partial charge in [-0.1, -0.05) is 25.3 Å². The normalized spacial score (nSPS) is 17.4. The molecule has 1 saturated carbocycles. The van der Waals surface area contributed by atoms with Crippen molar-refractivity contribution in [2.75, 3.05) is 68.0 Å². The number of benzene rings is 1. The SMILES string of the molecule is CCNc1ccc(N2CCN(CCN(C(=O)C3CCCCC3)c3ccccn3)CC2)c(OC)c1. The molecule has 4 rings (SSSR count). The maximum atomic E-state index is 13.4. The van der Waals surface area contributed by atoms with E-state index in [1.54, 1.807) is 13.3 Å². The van der Waals surface area contributed by atoms with Crippen molar-refractivity contribution < 1.29 is 9.53 Å². The van der Waals surface area contributed by atoms with Crippen LogP contribution in [0.1, 0.15) is 39.0 Å². The van der Waals surface area contributed by atoms with Gasteiger partial charge in [0.1, 0.15) is 11.6 Å². The molecule has 2 heterocycles. The van der Waals surface area contributed by atoms with Gasteiger partial charge in [-0.05, 0) is 44.0 Å². The zero-order chi connectivity index (χ0) is 23.8. The number of anilines is 3. The fourth-order valence-corrected chi connectivity index (χ4v) is 5.13. The van der Waals surface area contributed by atoms with E-state index in [2.05, 4.69) is 45.2 Å². The van der Waals surface area contributed by atoms with Crippen molar-refractivity contribution in [2.24, 2.45) is 5.92 Å². The Bertz CT molecular complexity index is 908. The van der Waals surface area contributed by atoms with E-state index >= 15 is 0 Å². The highest BCUT2D eigenvalue weighted by molar-refractivity contribution is 5.94. The minimum absolute atomic E-state index is 0.144. The first-order valence-corrected chi connectivity index (χ1v) is 12.8. The molecule has 2 aliphatic rings. The van der Waals surface area contributed by atoms with Gasteiger partial charge in [-0.3, -0.25) is 14.6 Å². The highest BCUT2D eigenvalue weighted by Gasteiger charge is 2.28. The van der Waals surface area contributed by atoms with Crippen LogP contribution in [0, 0.1) is 5.92 Å². The van der Waals surface area contributed by atoms with Crippen LogP contribution >= 0.6 is 0 Å². The second-order valence-corrected chi connectivity index (χ2v) is 9.26. The Morgan fingerprint density at radius 3 is 2.59 bits per heavy atom. The summed E-state index contributed by atoms with van der Waals surface area (Å²) >= 11 is 0. The number of aromatic nitrogens is 1. The molecule has 0 bridgehead atoms. The quantitative estimate of drug-likeness (QED) is 0.597. The van der Waals surface area contributed by atoms with E-state index in [1.165, 1.54) is 6.42 Å². The molecule has 1 aliphatic heterocycles. The lowest BCUT2D eigenvalue weighted by Crippen LogP contribution is -2.50. The summed E-state index contributed by atoms with van der Waals surface area (Å²) in [6.45, 7) is 8.34. The first-order valence-electron chi connectivity index (χ1n) is 12.8. The Kier molecular flexibility index (Phi) is 8.63. The topological polar surface area (TPSA) is 60.9 Å². The number of nitrogens with zero attached hydrogens (tertiary/aromatic N) is 4. The zero-order valence-corrected chi connectivity index (χ0v) is 20.7. The molecular weight excluding hydrogens is 426 g/mol. The number of carbonyl (C=O) groups excluding carboxylic acids is 1. The molecule has 1 N–H and O–H groups in total. The van der Waals surface area contributed by atoms with Crippen LogP contribution in [0.3, 0.4) is 0 Å². The predicted octanol–water partition coefficient (Wildman–Crippen LogP) is 4.26. The van der Waals surface area contributed by atoms with E-state index in [-0.39, 0.29) is 11.8 Å². The van der Waals surface area contributed by atoms with E-state index in [1.807, 2.05) is 23.1 Å². The molecule has 0 unspecified atom stereocenters. The van der Waals surface area contributed by atoms with Gasteiger partial charge < -0.3 is 15.0 Å². The fraction of sp³-hybridized carbons (Fsp3) is 0.556. The third kappa shape index (κ3) is 6.00. The van der Waals surface area contributed by atoms with Gasteiger partial charge in [0.05, 0.1) is 12.8 Å². The second kappa shape index (κ2) is 12.1. The number of ether oxygens (including phenoxy) is 1. The van der Waals surface area contributed by atoms with E-state index in [0.29, 0.717) is 6.54 Å². The summed E-state index contributed by atoms with van der Waals surface area (Å²) < 4.78 is 5.68. The Balaban J connectivity index is 1.35. The smallest absolute Gasteiger partial charge is 0.231 e. The Morgan fingerprint density at radius 2 is 1.91 bits per heavy atom. The van der Waals surface area contributed by atoms with E-state index in [0.717, 1.165) is 87.9 Å². The maximum Gasteiger partial charge on any atom is 0.231 e. The molecule has 1 aliphatic carbocycles. The second-order valence-electron chi connectivity index (χ2n) is 9.26. The first-order chi connectivity index (χ1) is 16.7. The van der Waals surface area contributed by atoms with Crippen LogP contribution in [0.4, 0.5) is 17.2 Å². The number of methoxy groups -OCH3 is 1. The van der Waals surface area contributed by atoms with Gasteiger partial charge in [0.2, 0.25) is 5.91 Å². The summed E-state index contributed by atoms with van der Waals surface area (Å²) in [5.74, 6) is 2.08. The number of carbonyl (C=O) groups is 1. The molecule has 1 amide bonds. The van der Waals surface area contributed by atoms with Gasteiger partial charge in [-0.15, -0.1) is 0 Å². The average Bonchev–Trinajstić information content (AvgIpc) is 2.90. The molecule has 1 aromatic carbocycles. The molecule has 0 radical (unpaired) electrons. The zero-order valence-electron chi connectivity index (χ0n) is 20.7. The molecular formula is C27H39N5O2. The lowest BCUT2D eigenvalue weighted by molar-refractivity contribution is -0.123. The number of hydrogen-bond donors (Lipinski definition) is 1.